The summed E-state index contributed by atoms with van der Waals surface area (Å²) in [6.07, 6.45) is -2.16. The zero-order valence-electron chi connectivity index (χ0n) is 10.3. The molecule has 0 aliphatic heterocycles. The first kappa shape index (κ1) is 14.0. The monoisotopic (exact) mass is 247 g/mol. The highest BCUT2D eigenvalue weighted by Crippen LogP contribution is 2.15. The number of Topliss-reactive ketones (excluding diaryl/α,β-unsaturated/α-hetero) is 2. The Balaban J connectivity index is 2.94. The number of hydrogen-bond acceptors (Lipinski definition) is 3. The van der Waals surface area contributed by atoms with Crippen LogP contribution in [0.5, 0.6) is 0 Å². The van der Waals surface area contributed by atoms with Crippen molar-refractivity contribution < 1.29 is 14.0 Å². The van der Waals surface area contributed by atoms with Gasteiger partial charge in [0.25, 0.3) is 0 Å². The zero-order valence-corrected chi connectivity index (χ0v) is 10.3. The number of rotatable bonds is 5. The molecule has 1 rings (SSSR count). The number of nitriles is 1. The van der Waals surface area contributed by atoms with Crippen LogP contribution in [0.1, 0.15) is 36.2 Å². The molecule has 0 heterocycles. The molecule has 0 bridgehead atoms. The van der Waals surface area contributed by atoms with E-state index in [9.17, 15) is 14.0 Å². The first-order valence-electron chi connectivity index (χ1n) is 5.67. The molecule has 4 heteroatoms. The highest BCUT2D eigenvalue weighted by Gasteiger charge is 2.28. The van der Waals surface area contributed by atoms with Crippen molar-refractivity contribution in [3.05, 3.63) is 35.4 Å². The van der Waals surface area contributed by atoms with E-state index in [1.807, 2.05) is 6.07 Å². The van der Waals surface area contributed by atoms with Crippen LogP contribution in [0.3, 0.4) is 0 Å². The molecule has 0 spiro atoms. The summed E-state index contributed by atoms with van der Waals surface area (Å²) in [6, 6.07) is 7.71. The van der Waals surface area contributed by atoms with Crippen LogP contribution in [-0.2, 0) is 4.79 Å². The van der Waals surface area contributed by atoms with Crippen molar-refractivity contribution in [1.82, 2.24) is 0 Å². The van der Waals surface area contributed by atoms with E-state index in [0.29, 0.717) is 0 Å². The molecule has 0 amide bonds. The van der Waals surface area contributed by atoms with Crippen LogP contribution in [-0.4, -0.2) is 17.7 Å². The fourth-order valence-corrected chi connectivity index (χ4v) is 1.58. The Hall–Kier alpha value is -2.02. The van der Waals surface area contributed by atoms with Gasteiger partial charge in [-0.3, -0.25) is 9.59 Å². The number of ketones is 2. The van der Waals surface area contributed by atoms with Gasteiger partial charge in [0, 0.05) is 12.0 Å². The Kier molecular flexibility index (Phi) is 4.73. The highest BCUT2D eigenvalue weighted by molar-refractivity contribution is 6.14. The van der Waals surface area contributed by atoms with E-state index in [2.05, 4.69) is 0 Å². The molecule has 1 aromatic rings. The maximum Gasteiger partial charge on any atom is 0.220 e. The first-order valence-corrected chi connectivity index (χ1v) is 5.67. The summed E-state index contributed by atoms with van der Waals surface area (Å²) in [6.45, 7) is 3.55. The van der Waals surface area contributed by atoms with Gasteiger partial charge in [0.1, 0.15) is 0 Å². The predicted octanol–water partition coefficient (Wildman–Crippen LogP) is 2.69. The van der Waals surface area contributed by atoms with Crippen LogP contribution in [0.15, 0.2) is 24.3 Å². The lowest BCUT2D eigenvalue weighted by atomic mass is 9.96. The van der Waals surface area contributed by atoms with E-state index in [0.717, 1.165) is 0 Å². The lowest BCUT2D eigenvalue weighted by Gasteiger charge is -2.09. The Bertz CT molecular complexity index is 503. The van der Waals surface area contributed by atoms with E-state index < -0.39 is 17.7 Å². The number of halogens is 1. The summed E-state index contributed by atoms with van der Waals surface area (Å²) in [5.41, 5.74) is 0.0482. The molecular weight excluding hydrogens is 233 g/mol. The molecule has 3 nitrogen and oxygen atoms in total. The molecule has 0 fully saturated rings. The molecule has 1 aromatic carbocycles. The fraction of sp³-hybridized carbons (Fsp3) is 0.357. The van der Waals surface area contributed by atoms with Crippen LogP contribution in [0, 0.1) is 17.2 Å². The van der Waals surface area contributed by atoms with Gasteiger partial charge in [-0.05, 0) is 18.1 Å². The maximum atomic E-state index is 13.7. The third-order valence-electron chi connectivity index (χ3n) is 2.44. The topological polar surface area (TPSA) is 57.9 Å². The molecule has 0 aliphatic rings. The van der Waals surface area contributed by atoms with Crippen molar-refractivity contribution in [1.29, 1.82) is 5.26 Å². The largest absolute Gasteiger partial charge is 0.296 e. The molecule has 94 valence electrons. The van der Waals surface area contributed by atoms with Gasteiger partial charge in [-0.15, -0.1) is 0 Å². The molecule has 0 aromatic heterocycles. The summed E-state index contributed by atoms with van der Waals surface area (Å²) >= 11 is 0. The number of carbonyl (C=O) groups is 2. The lowest BCUT2D eigenvalue weighted by Crippen LogP contribution is -2.27. The minimum atomic E-state index is -2.18. The van der Waals surface area contributed by atoms with E-state index in [4.69, 9.17) is 5.26 Å². The third-order valence-corrected chi connectivity index (χ3v) is 2.44. The summed E-state index contributed by atoms with van der Waals surface area (Å²) in [5, 5.41) is 8.82. The third kappa shape index (κ3) is 3.24. The van der Waals surface area contributed by atoms with Gasteiger partial charge in [0.15, 0.2) is 5.78 Å². The standard InChI is InChI=1S/C14H14FNO2/c1-9(2)7-12(17)13(15)14(18)11-6-4-3-5-10(11)8-16/h3-6,9,13H,7H2,1-2H3. The van der Waals surface area contributed by atoms with E-state index >= 15 is 0 Å². The number of nitrogens with zero attached hydrogens (tertiary/aromatic N) is 1. The highest BCUT2D eigenvalue weighted by atomic mass is 19.1. The van der Waals surface area contributed by atoms with Crippen LogP contribution in [0.2, 0.25) is 0 Å². The van der Waals surface area contributed by atoms with Gasteiger partial charge in [-0.2, -0.15) is 5.26 Å². The molecule has 0 N–H and O–H groups in total. The average molecular weight is 247 g/mol. The second kappa shape index (κ2) is 6.06. The Morgan fingerprint density at radius 2 is 1.94 bits per heavy atom. The Labute approximate surface area is 105 Å². The fourth-order valence-electron chi connectivity index (χ4n) is 1.58. The molecular formula is C14H14FNO2. The minimum absolute atomic E-state index is 0.00485. The van der Waals surface area contributed by atoms with Crippen LogP contribution < -0.4 is 0 Å². The molecule has 0 saturated carbocycles. The van der Waals surface area contributed by atoms with Crippen molar-refractivity contribution in [3.63, 3.8) is 0 Å². The zero-order chi connectivity index (χ0) is 13.7. The summed E-state index contributed by atoms with van der Waals surface area (Å²) in [4.78, 5) is 23.3. The number of benzene rings is 1. The lowest BCUT2D eigenvalue weighted by molar-refractivity contribution is -0.122. The molecule has 18 heavy (non-hydrogen) atoms. The Morgan fingerprint density at radius 1 is 1.33 bits per heavy atom. The second-order valence-corrected chi connectivity index (χ2v) is 4.45. The van der Waals surface area contributed by atoms with Crippen molar-refractivity contribution in [3.8, 4) is 6.07 Å². The van der Waals surface area contributed by atoms with Gasteiger partial charge in [-0.1, -0.05) is 26.0 Å². The number of carbonyl (C=O) groups excluding carboxylic acids is 2. The van der Waals surface area contributed by atoms with Crippen molar-refractivity contribution >= 4 is 11.6 Å². The number of alkyl halides is 1. The molecule has 0 radical (unpaired) electrons. The average Bonchev–Trinajstić information content (AvgIpc) is 2.36. The van der Waals surface area contributed by atoms with Crippen molar-refractivity contribution in [2.75, 3.05) is 0 Å². The van der Waals surface area contributed by atoms with Crippen LogP contribution >= 0.6 is 0 Å². The summed E-state index contributed by atoms with van der Waals surface area (Å²) in [7, 11) is 0. The van der Waals surface area contributed by atoms with Gasteiger partial charge >= 0.3 is 0 Å². The van der Waals surface area contributed by atoms with Gasteiger partial charge < -0.3 is 0 Å². The normalized spacial score (nSPS) is 11.9. The SMILES string of the molecule is CC(C)CC(=O)C(F)C(=O)c1ccccc1C#N. The van der Waals surface area contributed by atoms with Crippen molar-refractivity contribution in [2.45, 2.75) is 26.4 Å². The first-order chi connectivity index (χ1) is 8.47. The van der Waals surface area contributed by atoms with Crippen LogP contribution in [0.4, 0.5) is 4.39 Å². The van der Waals surface area contributed by atoms with Crippen LogP contribution in [0.25, 0.3) is 0 Å². The minimum Gasteiger partial charge on any atom is -0.296 e. The molecule has 0 aliphatic carbocycles. The van der Waals surface area contributed by atoms with Crippen molar-refractivity contribution in [2.24, 2.45) is 5.92 Å². The van der Waals surface area contributed by atoms with Gasteiger partial charge in [0.2, 0.25) is 12.0 Å². The second-order valence-electron chi connectivity index (χ2n) is 4.45. The summed E-state index contributed by atoms with van der Waals surface area (Å²) in [5.74, 6) is -1.67. The smallest absolute Gasteiger partial charge is 0.220 e. The molecule has 0 saturated heterocycles. The van der Waals surface area contributed by atoms with E-state index in [-0.39, 0.29) is 23.5 Å². The predicted molar refractivity (Wildman–Crippen MR) is 64.8 cm³/mol. The maximum absolute atomic E-state index is 13.7. The van der Waals surface area contributed by atoms with E-state index in [1.54, 1.807) is 19.9 Å². The molecule has 1 unspecified atom stereocenters. The quantitative estimate of drug-likeness (QED) is 0.593. The molecule has 1 atom stereocenters. The number of hydrogen-bond donors (Lipinski definition) is 0. The summed E-state index contributed by atoms with van der Waals surface area (Å²) < 4.78 is 13.7. The van der Waals surface area contributed by atoms with E-state index in [1.165, 1.54) is 18.2 Å². The Morgan fingerprint density at radius 3 is 2.50 bits per heavy atom. The van der Waals surface area contributed by atoms with Gasteiger partial charge in [0.05, 0.1) is 11.6 Å². The van der Waals surface area contributed by atoms with Gasteiger partial charge in [-0.25, -0.2) is 4.39 Å².